The Morgan fingerprint density at radius 3 is 2.74 bits per heavy atom. The van der Waals surface area contributed by atoms with Crippen LogP contribution in [0.1, 0.15) is 29.5 Å². The maximum Gasteiger partial charge on any atom is 0.329 e. The molecule has 140 valence electrons. The highest BCUT2D eigenvalue weighted by molar-refractivity contribution is 7.90. The largest absolute Gasteiger partial charge is 0.459 e. The van der Waals surface area contributed by atoms with E-state index in [0.29, 0.717) is 24.4 Å². The lowest BCUT2D eigenvalue weighted by atomic mass is 10.1. The number of hydrogen-bond acceptors (Lipinski definition) is 5. The number of hydrogen-bond donors (Lipinski definition) is 0. The van der Waals surface area contributed by atoms with Gasteiger partial charge in [0, 0.05) is 12.1 Å². The number of benzene rings is 2. The second-order valence-corrected chi connectivity index (χ2v) is 8.34. The highest BCUT2D eigenvalue weighted by Crippen LogP contribution is 2.31. The van der Waals surface area contributed by atoms with Gasteiger partial charge in [0.1, 0.15) is 17.5 Å². The summed E-state index contributed by atoms with van der Waals surface area (Å²) in [6.07, 6.45) is 1.40. The second kappa shape index (κ2) is 6.81. The fraction of sp³-hybridized carbons (Fsp3) is 0.300. The average molecular weight is 384 g/mol. The predicted octanol–water partition coefficient (Wildman–Crippen LogP) is 2.65. The minimum atomic E-state index is -3.71. The number of amidine groups is 1. The number of carbonyl (C=O) groups excluding carboxylic acids is 1. The molecular weight excluding hydrogens is 364 g/mol. The number of fused-ring (bicyclic) bond motifs is 1. The van der Waals surface area contributed by atoms with Gasteiger partial charge in [-0.15, -0.1) is 4.40 Å². The standard InChI is InChI=1S/C20H20N2O4S/c1-14-7-2-3-8-15(14)13-26-20(23)17-10-6-12-22(17)19-16-9-4-5-11-18(16)27(24,25)21-19/h2-5,7-9,11,17H,6,10,12-13H2,1H3/t17-/m0/s1. The fourth-order valence-electron chi connectivity index (χ4n) is 3.58. The summed E-state index contributed by atoms with van der Waals surface area (Å²) in [5.41, 5.74) is 2.58. The summed E-state index contributed by atoms with van der Waals surface area (Å²) >= 11 is 0. The first kappa shape index (κ1) is 17.7. The Morgan fingerprint density at radius 1 is 1.19 bits per heavy atom. The predicted molar refractivity (Wildman–Crippen MR) is 101 cm³/mol. The number of carbonyl (C=O) groups is 1. The molecule has 1 atom stereocenters. The van der Waals surface area contributed by atoms with Crippen LogP contribution in [0.5, 0.6) is 0 Å². The van der Waals surface area contributed by atoms with Crippen LogP contribution >= 0.6 is 0 Å². The molecule has 0 bridgehead atoms. The SMILES string of the molecule is Cc1ccccc1COC(=O)[C@@H]1CCCN1C1=NS(=O)(=O)c2ccccc21. The van der Waals surface area contributed by atoms with E-state index in [1.54, 1.807) is 29.2 Å². The number of ether oxygens (including phenoxy) is 1. The number of rotatable bonds is 3. The average Bonchev–Trinajstić information content (AvgIpc) is 3.24. The zero-order valence-corrected chi connectivity index (χ0v) is 15.8. The lowest BCUT2D eigenvalue weighted by Gasteiger charge is -2.25. The van der Waals surface area contributed by atoms with Gasteiger partial charge in [-0.1, -0.05) is 36.4 Å². The van der Waals surface area contributed by atoms with E-state index in [0.717, 1.165) is 17.5 Å². The Balaban J connectivity index is 1.55. The molecule has 2 heterocycles. The van der Waals surface area contributed by atoms with Crippen molar-refractivity contribution in [1.82, 2.24) is 4.90 Å². The summed E-state index contributed by atoms with van der Waals surface area (Å²) in [4.78, 5) is 14.7. The van der Waals surface area contributed by atoms with E-state index in [-0.39, 0.29) is 17.5 Å². The van der Waals surface area contributed by atoms with Gasteiger partial charge in [-0.2, -0.15) is 8.42 Å². The Bertz CT molecular complexity index is 1030. The van der Waals surface area contributed by atoms with Crippen molar-refractivity contribution in [3.05, 3.63) is 65.2 Å². The molecule has 2 aromatic rings. The third-order valence-electron chi connectivity index (χ3n) is 5.04. The zero-order valence-electron chi connectivity index (χ0n) is 15.0. The summed E-state index contributed by atoms with van der Waals surface area (Å²) in [6, 6.07) is 14.0. The first-order chi connectivity index (χ1) is 13.0. The molecule has 0 spiro atoms. The lowest BCUT2D eigenvalue weighted by molar-refractivity contribution is -0.149. The summed E-state index contributed by atoms with van der Waals surface area (Å²) in [5, 5.41) is 0. The number of sulfonamides is 1. The Kier molecular flexibility index (Phi) is 4.47. The monoisotopic (exact) mass is 384 g/mol. The van der Waals surface area contributed by atoms with Crippen LogP contribution < -0.4 is 0 Å². The van der Waals surface area contributed by atoms with Gasteiger partial charge in [0.15, 0.2) is 5.84 Å². The molecule has 0 radical (unpaired) electrons. The third-order valence-corrected chi connectivity index (χ3v) is 6.37. The zero-order chi connectivity index (χ0) is 19.0. The van der Waals surface area contributed by atoms with Gasteiger partial charge in [0.25, 0.3) is 10.0 Å². The van der Waals surface area contributed by atoms with Crippen LogP contribution in [0.15, 0.2) is 57.8 Å². The molecule has 2 aromatic carbocycles. The topological polar surface area (TPSA) is 76.0 Å². The minimum Gasteiger partial charge on any atom is -0.459 e. The van der Waals surface area contributed by atoms with Crippen molar-refractivity contribution in [2.75, 3.05) is 6.54 Å². The van der Waals surface area contributed by atoms with Crippen LogP contribution in [0, 0.1) is 6.92 Å². The van der Waals surface area contributed by atoms with Gasteiger partial charge in [0.05, 0.1) is 0 Å². The summed E-state index contributed by atoms with van der Waals surface area (Å²) in [6.45, 7) is 2.75. The molecule has 1 fully saturated rings. The van der Waals surface area contributed by atoms with Gasteiger partial charge in [-0.3, -0.25) is 0 Å². The van der Waals surface area contributed by atoms with Gasteiger partial charge in [-0.25, -0.2) is 4.79 Å². The van der Waals surface area contributed by atoms with Crippen molar-refractivity contribution >= 4 is 21.8 Å². The van der Waals surface area contributed by atoms with Crippen molar-refractivity contribution in [2.45, 2.75) is 37.3 Å². The van der Waals surface area contributed by atoms with E-state index >= 15 is 0 Å². The van der Waals surface area contributed by atoms with E-state index in [1.807, 2.05) is 31.2 Å². The van der Waals surface area contributed by atoms with E-state index < -0.39 is 16.1 Å². The van der Waals surface area contributed by atoms with Crippen LogP contribution in [0.25, 0.3) is 0 Å². The summed E-state index contributed by atoms with van der Waals surface area (Å²) in [7, 11) is -3.71. The highest BCUT2D eigenvalue weighted by atomic mass is 32.2. The molecule has 27 heavy (non-hydrogen) atoms. The van der Waals surface area contributed by atoms with E-state index in [9.17, 15) is 13.2 Å². The molecular formula is C20H20N2O4S. The van der Waals surface area contributed by atoms with Crippen molar-refractivity contribution in [3.8, 4) is 0 Å². The molecule has 0 saturated carbocycles. The minimum absolute atomic E-state index is 0.193. The summed E-state index contributed by atoms with van der Waals surface area (Å²) in [5.74, 6) is 0.00109. The van der Waals surface area contributed by atoms with Gasteiger partial charge in [-0.05, 0) is 43.0 Å². The molecule has 0 N–H and O–H groups in total. The Labute approximate surface area is 158 Å². The van der Waals surface area contributed by atoms with E-state index in [2.05, 4.69) is 4.40 Å². The third kappa shape index (κ3) is 3.23. The van der Waals surface area contributed by atoms with Gasteiger partial charge < -0.3 is 9.64 Å². The first-order valence-electron chi connectivity index (χ1n) is 8.89. The lowest BCUT2D eigenvalue weighted by Crippen LogP contribution is -2.41. The normalized spacial score (nSPS) is 20.3. The number of aryl methyl sites for hydroxylation is 1. The molecule has 0 aliphatic carbocycles. The van der Waals surface area contributed by atoms with Crippen LogP contribution in [-0.4, -0.2) is 37.7 Å². The van der Waals surface area contributed by atoms with E-state index in [4.69, 9.17) is 4.74 Å². The van der Waals surface area contributed by atoms with Crippen LogP contribution in [0.2, 0.25) is 0 Å². The van der Waals surface area contributed by atoms with Crippen LogP contribution in [-0.2, 0) is 26.2 Å². The number of esters is 1. The molecule has 4 rings (SSSR count). The quantitative estimate of drug-likeness (QED) is 0.761. The van der Waals surface area contributed by atoms with E-state index in [1.165, 1.54) is 0 Å². The van der Waals surface area contributed by atoms with Gasteiger partial charge >= 0.3 is 5.97 Å². The fourth-order valence-corrected chi connectivity index (χ4v) is 4.80. The van der Waals surface area contributed by atoms with Crippen LogP contribution in [0.4, 0.5) is 0 Å². The molecule has 2 aliphatic rings. The van der Waals surface area contributed by atoms with Crippen LogP contribution in [0.3, 0.4) is 0 Å². The maximum atomic E-state index is 12.7. The molecule has 1 saturated heterocycles. The number of likely N-dealkylation sites (tertiary alicyclic amines) is 1. The molecule has 6 nitrogen and oxygen atoms in total. The van der Waals surface area contributed by atoms with Crippen molar-refractivity contribution < 1.29 is 17.9 Å². The smallest absolute Gasteiger partial charge is 0.329 e. The molecule has 0 unspecified atom stereocenters. The molecule has 2 aliphatic heterocycles. The molecule has 7 heteroatoms. The Hall–Kier alpha value is -2.67. The maximum absolute atomic E-state index is 12.7. The highest BCUT2D eigenvalue weighted by Gasteiger charge is 2.39. The van der Waals surface area contributed by atoms with Crippen molar-refractivity contribution in [3.63, 3.8) is 0 Å². The van der Waals surface area contributed by atoms with Crippen molar-refractivity contribution in [2.24, 2.45) is 4.40 Å². The van der Waals surface area contributed by atoms with Crippen molar-refractivity contribution in [1.29, 1.82) is 0 Å². The first-order valence-corrected chi connectivity index (χ1v) is 10.3. The number of nitrogens with zero attached hydrogens (tertiary/aromatic N) is 2. The summed E-state index contributed by atoms with van der Waals surface area (Å²) < 4.78 is 34.1. The van der Waals surface area contributed by atoms with Gasteiger partial charge in [0.2, 0.25) is 0 Å². The molecule has 0 aromatic heterocycles. The molecule has 0 amide bonds. The Morgan fingerprint density at radius 2 is 1.93 bits per heavy atom. The second-order valence-electron chi connectivity index (χ2n) is 6.77.